The zero-order valence-corrected chi connectivity index (χ0v) is 12.7. The minimum absolute atomic E-state index is 0.0855. The van der Waals surface area contributed by atoms with Crippen molar-refractivity contribution >= 4 is 11.3 Å². The summed E-state index contributed by atoms with van der Waals surface area (Å²) in [6.45, 7) is 5.16. The number of aliphatic hydroxyl groups is 1. The molecular weight excluding hydrogens is 266 g/mol. The molecule has 3 heteroatoms. The van der Waals surface area contributed by atoms with Gasteiger partial charge in [-0.1, -0.05) is 29.8 Å². The zero-order chi connectivity index (χ0) is 13.9. The number of rotatable bonds is 3. The third-order valence-electron chi connectivity index (χ3n) is 3.93. The van der Waals surface area contributed by atoms with E-state index < -0.39 is 0 Å². The van der Waals surface area contributed by atoms with Crippen molar-refractivity contribution in [2.24, 2.45) is 0 Å². The minimum atomic E-state index is -0.0855. The fraction of sp³-hybridized carbons (Fsp3) is 0.412. The third-order valence-corrected chi connectivity index (χ3v) is 5.05. The molecule has 0 spiro atoms. The van der Waals surface area contributed by atoms with E-state index in [-0.39, 0.29) is 6.10 Å². The first-order valence-corrected chi connectivity index (χ1v) is 8.08. The van der Waals surface area contributed by atoms with Crippen molar-refractivity contribution in [2.45, 2.75) is 32.4 Å². The molecule has 0 aliphatic carbocycles. The van der Waals surface area contributed by atoms with Gasteiger partial charge in [-0.15, -0.1) is 11.3 Å². The second kappa shape index (κ2) is 6.08. The van der Waals surface area contributed by atoms with Crippen LogP contribution in [0.15, 0.2) is 36.4 Å². The van der Waals surface area contributed by atoms with Crippen LogP contribution in [0.2, 0.25) is 0 Å². The van der Waals surface area contributed by atoms with Gasteiger partial charge in [0.2, 0.25) is 0 Å². The van der Waals surface area contributed by atoms with E-state index in [2.05, 4.69) is 48.2 Å². The molecule has 1 saturated heterocycles. The fourth-order valence-corrected chi connectivity index (χ4v) is 3.69. The van der Waals surface area contributed by atoms with E-state index in [4.69, 9.17) is 0 Å². The van der Waals surface area contributed by atoms with E-state index in [1.54, 1.807) is 0 Å². The number of benzene rings is 1. The lowest BCUT2D eigenvalue weighted by Gasteiger charge is -2.28. The van der Waals surface area contributed by atoms with Gasteiger partial charge in [-0.3, -0.25) is 4.90 Å². The number of thiophene rings is 1. The van der Waals surface area contributed by atoms with Gasteiger partial charge in [-0.05, 0) is 37.5 Å². The Bertz CT molecular complexity index is 553. The quantitative estimate of drug-likeness (QED) is 0.931. The molecule has 2 nitrogen and oxygen atoms in total. The van der Waals surface area contributed by atoms with Crippen LogP contribution in [-0.4, -0.2) is 29.2 Å². The molecule has 0 saturated carbocycles. The molecule has 0 unspecified atom stereocenters. The Kier molecular flexibility index (Phi) is 4.20. The van der Waals surface area contributed by atoms with Crippen LogP contribution in [0, 0.1) is 6.92 Å². The van der Waals surface area contributed by atoms with Crippen LogP contribution in [0.4, 0.5) is 0 Å². The van der Waals surface area contributed by atoms with Gasteiger partial charge in [0, 0.05) is 29.4 Å². The molecule has 1 aromatic carbocycles. The minimum Gasteiger partial charge on any atom is -0.393 e. The van der Waals surface area contributed by atoms with Crippen molar-refractivity contribution in [2.75, 3.05) is 13.1 Å². The molecule has 106 valence electrons. The maximum Gasteiger partial charge on any atom is 0.0564 e. The summed E-state index contributed by atoms with van der Waals surface area (Å²) in [4.78, 5) is 5.20. The number of hydrogen-bond acceptors (Lipinski definition) is 3. The van der Waals surface area contributed by atoms with Gasteiger partial charge in [0.1, 0.15) is 0 Å². The molecule has 1 N–H and O–H groups in total. The monoisotopic (exact) mass is 287 g/mol. The van der Waals surface area contributed by atoms with Crippen LogP contribution in [0.5, 0.6) is 0 Å². The summed E-state index contributed by atoms with van der Waals surface area (Å²) in [7, 11) is 0. The normalized spacial score (nSPS) is 17.5. The number of aliphatic hydroxyl groups excluding tert-OH is 1. The molecule has 1 fully saturated rings. The van der Waals surface area contributed by atoms with E-state index in [0.717, 1.165) is 32.5 Å². The lowest BCUT2D eigenvalue weighted by Crippen LogP contribution is -2.35. The van der Waals surface area contributed by atoms with Gasteiger partial charge >= 0.3 is 0 Å². The van der Waals surface area contributed by atoms with E-state index in [1.807, 2.05) is 11.3 Å². The van der Waals surface area contributed by atoms with Crippen LogP contribution in [0.25, 0.3) is 10.4 Å². The first-order valence-electron chi connectivity index (χ1n) is 7.27. The number of likely N-dealkylation sites (tertiary alicyclic amines) is 1. The van der Waals surface area contributed by atoms with Gasteiger partial charge < -0.3 is 5.11 Å². The van der Waals surface area contributed by atoms with Gasteiger partial charge in [-0.2, -0.15) is 0 Å². The zero-order valence-electron chi connectivity index (χ0n) is 11.9. The highest BCUT2D eigenvalue weighted by atomic mass is 32.1. The summed E-state index contributed by atoms with van der Waals surface area (Å²) in [5.74, 6) is 0. The summed E-state index contributed by atoms with van der Waals surface area (Å²) in [5, 5.41) is 9.54. The molecule has 0 atom stereocenters. The largest absolute Gasteiger partial charge is 0.393 e. The molecular formula is C17H21NOS. The van der Waals surface area contributed by atoms with E-state index in [1.165, 1.54) is 20.9 Å². The summed E-state index contributed by atoms with van der Waals surface area (Å²) in [6.07, 6.45) is 1.74. The van der Waals surface area contributed by atoms with E-state index in [9.17, 15) is 5.11 Å². The van der Waals surface area contributed by atoms with Crippen molar-refractivity contribution in [3.05, 3.63) is 46.8 Å². The van der Waals surface area contributed by atoms with Crippen LogP contribution in [0.1, 0.15) is 23.3 Å². The van der Waals surface area contributed by atoms with Gasteiger partial charge in [-0.25, -0.2) is 0 Å². The molecule has 1 aliphatic rings. The average Bonchev–Trinajstić information content (AvgIpc) is 2.91. The molecule has 2 heterocycles. The molecule has 0 bridgehead atoms. The van der Waals surface area contributed by atoms with Crippen molar-refractivity contribution < 1.29 is 5.11 Å². The van der Waals surface area contributed by atoms with Crippen LogP contribution in [-0.2, 0) is 6.54 Å². The fourth-order valence-electron chi connectivity index (χ4n) is 2.63. The number of hydrogen-bond donors (Lipinski definition) is 1. The van der Waals surface area contributed by atoms with Gasteiger partial charge in [0.25, 0.3) is 0 Å². The van der Waals surface area contributed by atoms with Gasteiger partial charge in [0.15, 0.2) is 0 Å². The molecule has 2 aromatic rings. The Morgan fingerprint density at radius 1 is 1.10 bits per heavy atom. The summed E-state index contributed by atoms with van der Waals surface area (Å²) in [6, 6.07) is 13.2. The van der Waals surface area contributed by atoms with E-state index >= 15 is 0 Å². The molecule has 1 aliphatic heterocycles. The Balaban J connectivity index is 1.66. The lowest BCUT2D eigenvalue weighted by atomic mass is 10.1. The Hall–Kier alpha value is -1.16. The van der Waals surface area contributed by atoms with Crippen LogP contribution >= 0.6 is 11.3 Å². The Morgan fingerprint density at radius 3 is 2.50 bits per heavy atom. The number of piperidine rings is 1. The van der Waals surface area contributed by atoms with Gasteiger partial charge in [0.05, 0.1) is 6.10 Å². The second-order valence-corrected chi connectivity index (χ2v) is 6.81. The van der Waals surface area contributed by atoms with Crippen LogP contribution < -0.4 is 0 Å². The van der Waals surface area contributed by atoms with Crippen molar-refractivity contribution in [1.82, 2.24) is 4.90 Å². The first kappa shape index (κ1) is 13.8. The smallest absolute Gasteiger partial charge is 0.0564 e. The average molecular weight is 287 g/mol. The standard InChI is InChI=1S/C17H21NOS/c1-13-2-4-14(5-3-13)17-7-6-16(20-17)12-18-10-8-15(19)9-11-18/h2-7,15,19H,8-12H2,1H3. The Morgan fingerprint density at radius 2 is 1.80 bits per heavy atom. The lowest BCUT2D eigenvalue weighted by molar-refractivity contribution is 0.0797. The molecule has 3 rings (SSSR count). The van der Waals surface area contributed by atoms with Crippen LogP contribution in [0.3, 0.4) is 0 Å². The highest BCUT2D eigenvalue weighted by Gasteiger charge is 2.17. The predicted molar refractivity (Wildman–Crippen MR) is 85.0 cm³/mol. The Labute approximate surface area is 124 Å². The summed E-state index contributed by atoms with van der Waals surface area (Å²) < 4.78 is 0. The maximum absolute atomic E-state index is 9.54. The second-order valence-electron chi connectivity index (χ2n) is 5.64. The molecule has 0 amide bonds. The summed E-state index contributed by atoms with van der Waals surface area (Å²) >= 11 is 1.88. The molecule has 1 aromatic heterocycles. The highest BCUT2D eigenvalue weighted by Crippen LogP contribution is 2.29. The van der Waals surface area contributed by atoms with E-state index in [0.29, 0.717) is 0 Å². The maximum atomic E-state index is 9.54. The van der Waals surface area contributed by atoms with Crippen molar-refractivity contribution in [3.8, 4) is 10.4 Å². The molecule has 20 heavy (non-hydrogen) atoms. The SMILES string of the molecule is Cc1ccc(-c2ccc(CN3CCC(O)CC3)s2)cc1. The van der Waals surface area contributed by atoms with Crippen molar-refractivity contribution in [3.63, 3.8) is 0 Å². The van der Waals surface area contributed by atoms with Crippen molar-refractivity contribution in [1.29, 1.82) is 0 Å². The predicted octanol–water partition coefficient (Wildman–Crippen LogP) is 3.68. The highest BCUT2D eigenvalue weighted by molar-refractivity contribution is 7.15. The topological polar surface area (TPSA) is 23.5 Å². The first-order chi connectivity index (χ1) is 9.70. The number of nitrogens with zero attached hydrogens (tertiary/aromatic N) is 1. The number of aryl methyl sites for hydroxylation is 1. The molecule has 0 radical (unpaired) electrons. The summed E-state index contributed by atoms with van der Waals surface area (Å²) in [5.41, 5.74) is 2.61. The third kappa shape index (κ3) is 3.29.